The van der Waals surface area contributed by atoms with Crippen LogP contribution in [0.2, 0.25) is 0 Å². The van der Waals surface area contributed by atoms with Crippen LogP contribution >= 0.6 is 11.8 Å². The van der Waals surface area contributed by atoms with Crippen LogP contribution in [-0.4, -0.2) is 7.11 Å². The van der Waals surface area contributed by atoms with E-state index >= 15 is 0 Å². The van der Waals surface area contributed by atoms with Crippen LogP contribution in [0.1, 0.15) is 22.3 Å². The Hall–Kier alpha value is -1.25. The number of hydrogen-bond acceptors (Lipinski definition) is 2. The lowest BCUT2D eigenvalue weighted by Crippen LogP contribution is -1.99. The fraction of sp³-hybridized carbons (Fsp3) is 0.250. The van der Waals surface area contributed by atoms with E-state index in [4.69, 9.17) is 4.74 Å². The summed E-state index contributed by atoms with van der Waals surface area (Å²) in [5.41, 5.74) is 5.67. The number of fused-ring (bicyclic) bond motifs is 2. The molecule has 1 heterocycles. The van der Waals surface area contributed by atoms with E-state index in [1.807, 2.05) is 11.8 Å². The van der Waals surface area contributed by atoms with Gasteiger partial charge in [0.05, 0.1) is 6.61 Å². The van der Waals surface area contributed by atoms with E-state index in [1.54, 1.807) is 7.11 Å². The van der Waals surface area contributed by atoms with Crippen molar-refractivity contribution in [1.29, 1.82) is 0 Å². The predicted molar refractivity (Wildman–Crippen MR) is 76.0 cm³/mol. The highest BCUT2D eigenvalue weighted by Crippen LogP contribution is 2.35. The molecule has 0 radical (unpaired) electrons. The highest BCUT2D eigenvalue weighted by Gasteiger charge is 2.15. The summed E-state index contributed by atoms with van der Waals surface area (Å²) in [6.07, 6.45) is 1.04. The number of thioether (sulfide) groups is 1. The average Bonchev–Trinajstić information content (AvgIpc) is 2.58. The van der Waals surface area contributed by atoms with Crippen molar-refractivity contribution < 1.29 is 4.74 Å². The van der Waals surface area contributed by atoms with E-state index in [-0.39, 0.29) is 0 Å². The molecule has 0 aromatic heterocycles. The van der Waals surface area contributed by atoms with Gasteiger partial charge in [-0.25, -0.2) is 0 Å². The maximum Gasteiger partial charge on any atom is 0.0716 e. The Morgan fingerprint density at radius 3 is 2.78 bits per heavy atom. The SMILES string of the molecule is COCc1cccc2c1CSc1ccccc1C2. The normalized spacial score (nSPS) is 13.6. The van der Waals surface area contributed by atoms with Gasteiger partial charge in [-0.2, -0.15) is 0 Å². The van der Waals surface area contributed by atoms with Crippen LogP contribution in [0.15, 0.2) is 47.4 Å². The van der Waals surface area contributed by atoms with Crippen LogP contribution in [0.3, 0.4) is 0 Å². The van der Waals surface area contributed by atoms with Crippen molar-refractivity contribution >= 4 is 11.8 Å². The zero-order valence-corrected chi connectivity index (χ0v) is 11.3. The van der Waals surface area contributed by atoms with Gasteiger partial charge < -0.3 is 4.74 Å². The largest absolute Gasteiger partial charge is 0.380 e. The van der Waals surface area contributed by atoms with E-state index < -0.39 is 0 Å². The molecule has 1 nitrogen and oxygen atoms in total. The van der Waals surface area contributed by atoms with Gasteiger partial charge in [0.1, 0.15) is 0 Å². The monoisotopic (exact) mass is 256 g/mol. The highest BCUT2D eigenvalue weighted by molar-refractivity contribution is 7.98. The van der Waals surface area contributed by atoms with Crippen LogP contribution in [0.25, 0.3) is 0 Å². The molecule has 0 unspecified atom stereocenters. The lowest BCUT2D eigenvalue weighted by molar-refractivity contribution is 0.184. The first-order valence-electron chi connectivity index (χ1n) is 6.18. The molecule has 0 saturated heterocycles. The molecule has 0 aliphatic carbocycles. The quantitative estimate of drug-likeness (QED) is 0.802. The fourth-order valence-corrected chi connectivity index (χ4v) is 3.65. The summed E-state index contributed by atoms with van der Waals surface area (Å²) >= 11 is 1.94. The van der Waals surface area contributed by atoms with Crippen molar-refractivity contribution in [1.82, 2.24) is 0 Å². The van der Waals surface area contributed by atoms with Crippen molar-refractivity contribution in [2.45, 2.75) is 23.7 Å². The van der Waals surface area contributed by atoms with E-state index in [2.05, 4.69) is 42.5 Å². The van der Waals surface area contributed by atoms with Gasteiger partial charge in [-0.1, -0.05) is 36.4 Å². The number of hydrogen-bond donors (Lipinski definition) is 0. The molecule has 92 valence electrons. The number of methoxy groups -OCH3 is 1. The van der Waals surface area contributed by atoms with Gasteiger partial charge in [-0.15, -0.1) is 11.8 Å². The summed E-state index contributed by atoms with van der Waals surface area (Å²) in [5.74, 6) is 1.05. The summed E-state index contributed by atoms with van der Waals surface area (Å²) in [7, 11) is 1.76. The molecule has 2 aromatic carbocycles. The minimum atomic E-state index is 0.708. The number of ether oxygens (including phenoxy) is 1. The second-order valence-corrected chi connectivity index (χ2v) is 5.58. The van der Waals surface area contributed by atoms with Gasteiger partial charge in [-0.05, 0) is 34.7 Å². The van der Waals surface area contributed by atoms with Gasteiger partial charge in [0, 0.05) is 17.8 Å². The van der Waals surface area contributed by atoms with Gasteiger partial charge in [0.2, 0.25) is 0 Å². The molecule has 0 fully saturated rings. The Labute approximate surface area is 112 Å². The van der Waals surface area contributed by atoms with E-state index in [9.17, 15) is 0 Å². The van der Waals surface area contributed by atoms with Crippen LogP contribution in [0.4, 0.5) is 0 Å². The topological polar surface area (TPSA) is 9.23 Å². The molecule has 1 aliphatic rings. The third-order valence-electron chi connectivity index (χ3n) is 3.40. The Balaban J connectivity index is 2.03. The average molecular weight is 256 g/mol. The van der Waals surface area contributed by atoms with Crippen LogP contribution < -0.4 is 0 Å². The second-order valence-electron chi connectivity index (χ2n) is 4.56. The first-order valence-corrected chi connectivity index (χ1v) is 7.16. The lowest BCUT2D eigenvalue weighted by atomic mass is 9.97. The summed E-state index contributed by atoms with van der Waals surface area (Å²) in [4.78, 5) is 1.41. The molecule has 0 atom stereocenters. The molecule has 0 spiro atoms. The molecule has 0 bridgehead atoms. The third-order valence-corrected chi connectivity index (χ3v) is 4.54. The highest BCUT2D eigenvalue weighted by atomic mass is 32.2. The minimum Gasteiger partial charge on any atom is -0.380 e. The molecule has 0 saturated carbocycles. The van der Waals surface area contributed by atoms with Gasteiger partial charge in [-0.3, -0.25) is 0 Å². The van der Waals surface area contributed by atoms with Crippen molar-refractivity contribution in [2.75, 3.05) is 7.11 Å². The predicted octanol–water partition coefficient (Wildman–Crippen LogP) is 4.03. The maximum absolute atomic E-state index is 5.30. The molecule has 1 aliphatic heterocycles. The zero-order chi connectivity index (χ0) is 12.4. The molecule has 0 amide bonds. The van der Waals surface area contributed by atoms with Gasteiger partial charge >= 0.3 is 0 Å². The minimum absolute atomic E-state index is 0.708. The van der Waals surface area contributed by atoms with Crippen molar-refractivity contribution in [3.8, 4) is 0 Å². The van der Waals surface area contributed by atoms with Crippen molar-refractivity contribution in [3.63, 3.8) is 0 Å². The standard InChI is InChI=1S/C16H16OS/c1-17-10-14-7-4-6-12-9-13-5-2-3-8-16(13)18-11-15(12)14/h2-8H,9-11H2,1H3. The van der Waals surface area contributed by atoms with E-state index in [1.165, 1.54) is 27.1 Å². The van der Waals surface area contributed by atoms with E-state index in [0.29, 0.717) is 6.61 Å². The van der Waals surface area contributed by atoms with Crippen LogP contribution in [0, 0.1) is 0 Å². The molecular formula is C16H16OS. The van der Waals surface area contributed by atoms with Crippen molar-refractivity contribution in [2.24, 2.45) is 0 Å². The maximum atomic E-state index is 5.30. The smallest absolute Gasteiger partial charge is 0.0716 e. The Bertz CT molecular complexity index is 563. The lowest BCUT2D eigenvalue weighted by Gasteiger charge is -2.11. The first-order chi connectivity index (χ1) is 8.88. The molecule has 18 heavy (non-hydrogen) atoms. The number of rotatable bonds is 2. The summed E-state index contributed by atoms with van der Waals surface area (Å²) < 4.78 is 5.30. The number of benzene rings is 2. The Kier molecular flexibility index (Phi) is 3.39. The fourth-order valence-electron chi connectivity index (χ4n) is 2.48. The second kappa shape index (κ2) is 5.17. The summed E-state index contributed by atoms with van der Waals surface area (Å²) in [6.45, 7) is 0.708. The Morgan fingerprint density at radius 1 is 1.06 bits per heavy atom. The molecule has 2 aromatic rings. The van der Waals surface area contributed by atoms with Gasteiger partial charge in [0.15, 0.2) is 0 Å². The summed E-state index contributed by atoms with van der Waals surface area (Å²) in [6, 6.07) is 15.3. The first kappa shape index (κ1) is 11.8. The third kappa shape index (κ3) is 2.18. The van der Waals surface area contributed by atoms with Crippen LogP contribution in [-0.2, 0) is 23.5 Å². The van der Waals surface area contributed by atoms with Crippen molar-refractivity contribution in [3.05, 3.63) is 64.7 Å². The zero-order valence-electron chi connectivity index (χ0n) is 10.5. The van der Waals surface area contributed by atoms with E-state index in [0.717, 1.165) is 12.2 Å². The molecule has 3 rings (SSSR count). The molecular weight excluding hydrogens is 240 g/mol. The summed E-state index contributed by atoms with van der Waals surface area (Å²) in [5, 5.41) is 0. The molecule has 2 heteroatoms. The molecule has 0 N–H and O–H groups in total. The Morgan fingerprint density at radius 2 is 1.89 bits per heavy atom. The van der Waals surface area contributed by atoms with Crippen LogP contribution in [0.5, 0.6) is 0 Å². The van der Waals surface area contributed by atoms with Gasteiger partial charge in [0.25, 0.3) is 0 Å².